The van der Waals surface area contributed by atoms with Gasteiger partial charge in [0.05, 0.1) is 23.3 Å². The number of piperidine rings is 1. The van der Waals surface area contributed by atoms with Crippen molar-refractivity contribution in [2.45, 2.75) is 44.9 Å². The van der Waals surface area contributed by atoms with Gasteiger partial charge in [-0.15, -0.1) is 0 Å². The summed E-state index contributed by atoms with van der Waals surface area (Å²) in [4.78, 5) is 26.9. The number of hydrogen-bond donors (Lipinski definition) is 2. The van der Waals surface area contributed by atoms with E-state index in [4.69, 9.17) is 16.6 Å². The molecule has 0 radical (unpaired) electrons. The van der Waals surface area contributed by atoms with E-state index in [-0.39, 0.29) is 24.9 Å². The van der Waals surface area contributed by atoms with Crippen LogP contribution in [0.1, 0.15) is 45.5 Å². The molecule has 3 aromatic heterocycles. The quantitative estimate of drug-likeness (QED) is 0.304. The Hall–Kier alpha value is -4.50. The Kier molecular flexibility index (Phi) is 6.35. The van der Waals surface area contributed by atoms with Gasteiger partial charge in [0.1, 0.15) is 11.9 Å². The maximum Gasteiger partial charge on any atom is 0.255 e. The Balaban J connectivity index is 1.31. The number of halogens is 1. The smallest absolute Gasteiger partial charge is 0.255 e. The first kappa shape index (κ1) is 26.4. The number of carbonyl (C=O) groups is 2. The minimum Gasteiger partial charge on any atom is -0.366 e. The molecule has 214 valence electrons. The number of fused-ring (bicyclic) bond motifs is 2. The first-order valence-electron chi connectivity index (χ1n) is 14.5. The zero-order valence-corrected chi connectivity index (χ0v) is 23.5. The number of benzene rings is 2. The van der Waals surface area contributed by atoms with Crippen molar-refractivity contribution in [3.8, 4) is 22.5 Å². The lowest BCUT2D eigenvalue weighted by atomic mass is 9.98. The largest absolute Gasteiger partial charge is 0.366 e. The third-order valence-electron chi connectivity index (χ3n) is 8.63. The molecule has 4 N–H and O–H groups in total. The van der Waals surface area contributed by atoms with Gasteiger partial charge in [-0.1, -0.05) is 30.3 Å². The summed E-state index contributed by atoms with van der Waals surface area (Å²) in [5.41, 5.74) is 19.2. The van der Waals surface area contributed by atoms with Crippen molar-refractivity contribution in [1.29, 1.82) is 0 Å². The van der Waals surface area contributed by atoms with E-state index in [9.17, 15) is 14.0 Å². The van der Waals surface area contributed by atoms with Crippen LogP contribution in [0.25, 0.3) is 38.9 Å². The van der Waals surface area contributed by atoms with E-state index in [1.165, 1.54) is 17.7 Å². The first-order chi connectivity index (χ1) is 20.3. The number of nitrogens with zero attached hydrogens (tertiary/aromatic N) is 4. The second-order valence-electron chi connectivity index (χ2n) is 11.8. The summed E-state index contributed by atoms with van der Waals surface area (Å²) >= 11 is 0. The zero-order valence-electron chi connectivity index (χ0n) is 23.5. The predicted octanol–water partition coefficient (Wildman–Crippen LogP) is 4.95. The summed E-state index contributed by atoms with van der Waals surface area (Å²) in [6.45, 7) is 3.32. The lowest BCUT2D eigenvalue weighted by molar-refractivity contribution is 0.0606. The fourth-order valence-electron chi connectivity index (χ4n) is 6.29. The molecule has 2 aliphatic rings. The Bertz CT molecular complexity index is 1860. The molecule has 0 bridgehead atoms. The summed E-state index contributed by atoms with van der Waals surface area (Å²) in [7, 11) is 0. The number of alkyl halides is 1. The van der Waals surface area contributed by atoms with E-state index in [0.717, 1.165) is 51.0 Å². The van der Waals surface area contributed by atoms with E-state index in [1.807, 2.05) is 37.3 Å². The topological polar surface area (TPSA) is 112 Å². The number of primary amides is 1. The molecule has 1 saturated heterocycles. The van der Waals surface area contributed by atoms with Gasteiger partial charge in [0.15, 0.2) is 0 Å². The zero-order chi connectivity index (χ0) is 29.1. The van der Waals surface area contributed by atoms with Gasteiger partial charge in [-0.3, -0.25) is 9.59 Å². The third-order valence-corrected chi connectivity index (χ3v) is 8.63. The second kappa shape index (κ2) is 10.1. The molecular weight excluding hydrogens is 531 g/mol. The summed E-state index contributed by atoms with van der Waals surface area (Å²) in [6, 6.07) is 19.1. The van der Waals surface area contributed by atoms with Gasteiger partial charge in [0, 0.05) is 47.4 Å². The van der Waals surface area contributed by atoms with Gasteiger partial charge in [0.2, 0.25) is 5.91 Å². The minimum absolute atomic E-state index is 0.0567. The number of nitrogens with two attached hydrogens (primary N) is 2. The Morgan fingerprint density at radius 1 is 1.02 bits per heavy atom. The van der Waals surface area contributed by atoms with Gasteiger partial charge < -0.3 is 20.9 Å². The van der Waals surface area contributed by atoms with E-state index in [1.54, 1.807) is 22.8 Å². The van der Waals surface area contributed by atoms with E-state index < -0.39 is 12.1 Å². The van der Waals surface area contributed by atoms with Crippen molar-refractivity contribution in [1.82, 2.24) is 19.1 Å². The number of likely N-dealkylation sites (tertiary alicyclic amines) is 1. The van der Waals surface area contributed by atoms with Gasteiger partial charge in [0.25, 0.3) is 5.91 Å². The van der Waals surface area contributed by atoms with Crippen molar-refractivity contribution < 1.29 is 14.0 Å². The highest BCUT2D eigenvalue weighted by Gasteiger charge is 2.30. The monoisotopic (exact) mass is 564 g/mol. The number of hydrogen-bond acceptors (Lipinski definition) is 4. The number of pyridine rings is 1. The van der Waals surface area contributed by atoms with Crippen LogP contribution in [0.5, 0.6) is 0 Å². The molecule has 42 heavy (non-hydrogen) atoms. The van der Waals surface area contributed by atoms with Gasteiger partial charge in [-0.2, -0.15) is 5.10 Å². The van der Waals surface area contributed by atoms with Gasteiger partial charge in [-0.25, -0.2) is 8.91 Å². The van der Waals surface area contributed by atoms with Gasteiger partial charge in [-0.05, 0) is 73.6 Å². The van der Waals surface area contributed by atoms with E-state index >= 15 is 0 Å². The first-order valence-corrected chi connectivity index (χ1v) is 14.5. The maximum atomic E-state index is 14.1. The highest BCUT2D eigenvalue weighted by molar-refractivity contribution is 6.01. The fourth-order valence-corrected chi connectivity index (χ4v) is 6.29. The molecule has 0 unspecified atom stereocenters. The molecule has 2 aromatic carbocycles. The molecule has 1 aliphatic carbocycles. The summed E-state index contributed by atoms with van der Waals surface area (Å²) < 4.78 is 18.2. The Labute approximate surface area is 242 Å². The summed E-state index contributed by atoms with van der Waals surface area (Å²) in [6.07, 6.45) is 3.28. The standard InChI is InChI=1S/C33H33FN6O2/c1-19-28-11-10-23(33(42)38-17-24(34)14-25(35)18-38)16-40(28)37-31(19)30-13-22-9-8-21(12-29(22)39(30)15-20-6-7-20)26-4-2-3-5-27(26)32(36)41/h2-5,8-13,16,20,24-25H,6-7,14-15,17-18,35H2,1H3,(H2,36,41)/t24-,25-/m1/s1. The van der Waals surface area contributed by atoms with Crippen LogP contribution < -0.4 is 11.5 Å². The maximum absolute atomic E-state index is 14.1. The Morgan fingerprint density at radius 2 is 1.83 bits per heavy atom. The highest BCUT2D eigenvalue weighted by atomic mass is 19.1. The van der Waals surface area contributed by atoms with Crippen LogP contribution in [0, 0.1) is 12.8 Å². The molecule has 2 amide bonds. The molecule has 2 atom stereocenters. The SMILES string of the molecule is Cc1c(-c2cc3ccc(-c4ccccc4C(N)=O)cc3n2CC2CC2)nn2cc(C(=O)N3C[C@H](N)C[C@@H](F)C3)ccc12. The molecule has 0 spiro atoms. The number of aryl methyl sites for hydroxylation is 1. The average molecular weight is 565 g/mol. The van der Waals surface area contributed by atoms with Crippen LogP contribution in [-0.2, 0) is 6.54 Å². The van der Waals surface area contributed by atoms with Crippen molar-refractivity contribution >= 4 is 28.2 Å². The number of amides is 2. The van der Waals surface area contributed by atoms with E-state index in [0.29, 0.717) is 23.6 Å². The normalized spacial score (nSPS) is 19.1. The molecule has 2 fully saturated rings. The van der Waals surface area contributed by atoms with Crippen molar-refractivity contribution in [3.63, 3.8) is 0 Å². The molecule has 5 aromatic rings. The van der Waals surface area contributed by atoms with Crippen LogP contribution in [0.15, 0.2) is 66.9 Å². The molecule has 4 heterocycles. The lowest BCUT2D eigenvalue weighted by Gasteiger charge is -2.32. The highest BCUT2D eigenvalue weighted by Crippen LogP contribution is 2.38. The number of rotatable bonds is 6. The van der Waals surface area contributed by atoms with Crippen LogP contribution in [0.4, 0.5) is 4.39 Å². The number of carbonyl (C=O) groups excluding carboxylic acids is 2. The fraction of sp³-hybridized carbons (Fsp3) is 0.303. The predicted molar refractivity (Wildman–Crippen MR) is 161 cm³/mol. The molecule has 1 aliphatic heterocycles. The second-order valence-corrected chi connectivity index (χ2v) is 11.8. The van der Waals surface area contributed by atoms with Crippen LogP contribution in [0.3, 0.4) is 0 Å². The summed E-state index contributed by atoms with van der Waals surface area (Å²) in [5.74, 6) is -0.0840. The number of aromatic nitrogens is 3. The van der Waals surface area contributed by atoms with Crippen molar-refractivity contribution in [2.24, 2.45) is 17.4 Å². The van der Waals surface area contributed by atoms with Crippen molar-refractivity contribution in [2.75, 3.05) is 13.1 Å². The molecule has 9 heteroatoms. The van der Waals surface area contributed by atoms with Crippen LogP contribution in [-0.4, -0.2) is 56.2 Å². The minimum atomic E-state index is -1.11. The van der Waals surface area contributed by atoms with Gasteiger partial charge >= 0.3 is 0 Å². The Morgan fingerprint density at radius 3 is 2.60 bits per heavy atom. The lowest BCUT2D eigenvalue weighted by Crippen LogP contribution is -2.50. The third kappa shape index (κ3) is 4.63. The summed E-state index contributed by atoms with van der Waals surface area (Å²) in [5, 5.41) is 6.05. The van der Waals surface area contributed by atoms with Crippen LogP contribution >= 0.6 is 0 Å². The molecule has 1 saturated carbocycles. The van der Waals surface area contributed by atoms with Crippen molar-refractivity contribution in [3.05, 3.63) is 83.6 Å². The van der Waals surface area contributed by atoms with E-state index in [2.05, 4.69) is 22.8 Å². The molecule has 7 rings (SSSR count). The molecular formula is C33H33FN6O2. The average Bonchev–Trinajstić information content (AvgIpc) is 3.65. The van der Waals surface area contributed by atoms with Crippen LogP contribution in [0.2, 0.25) is 0 Å². The molecule has 8 nitrogen and oxygen atoms in total.